The maximum Gasteiger partial charge on any atom is 0.0948 e. The van der Waals surface area contributed by atoms with E-state index in [9.17, 15) is 0 Å². The molecule has 0 aliphatic rings. The fraction of sp³-hybridized carbons (Fsp3) is 0.583. The van der Waals surface area contributed by atoms with Crippen molar-refractivity contribution in [2.75, 3.05) is 0 Å². The van der Waals surface area contributed by atoms with E-state index in [1.165, 1.54) is 114 Å². The highest BCUT2D eigenvalue weighted by Crippen LogP contribution is 2.31. The molecule has 208 valence electrons. The maximum absolute atomic E-state index is 4.42. The van der Waals surface area contributed by atoms with E-state index in [1.807, 2.05) is 12.5 Å². The molecule has 1 aromatic heterocycles. The van der Waals surface area contributed by atoms with Gasteiger partial charge in [0, 0.05) is 18.4 Å². The van der Waals surface area contributed by atoms with E-state index in [1.54, 1.807) is 0 Å². The largest absolute Gasteiger partial charge is 0.334 e. The van der Waals surface area contributed by atoms with Gasteiger partial charge in [0.1, 0.15) is 0 Å². The van der Waals surface area contributed by atoms with E-state index in [0.717, 1.165) is 12.8 Å². The Balaban J connectivity index is 1.38. The standard InChI is InChI=1S/C36H54N2/c1-2-3-4-5-6-7-8-9-10-11-12-13-14-15-22-27-36(38-29-28-37-32-38)35(30-33-23-18-16-19-24-33)31-34-25-20-17-21-26-34/h16-21,23-26,28-29,32,35-36H,2-15,22,27,30-31H2,1H3. The Hall–Kier alpha value is -2.35. The Morgan fingerprint density at radius 1 is 0.579 bits per heavy atom. The normalized spacial score (nSPS) is 12.3. The number of imidazole rings is 1. The average Bonchev–Trinajstić information content (AvgIpc) is 3.48. The van der Waals surface area contributed by atoms with Crippen molar-refractivity contribution >= 4 is 0 Å². The van der Waals surface area contributed by atoms with Gasteiger partial charge in [0.05, 0.1) is 6.33 Å². The second-order valence-electron chi connectivity index (χ2n) is 11.5. The van der Waals surface area contributed by atoms with E-state index in [0.29, 0.717) is 12.0 Å². The summed E-state index contributed by atoms with van der Waals surface area (Å²) in [7, 11) is 0. The van der Waals surface area contributed by atoms with E-state index in [4.69, 9.17) is 0 Å². The fourth-order valence-electron chi connectivity index (χ4n) is 6.00. The van der Waals surface area contributed by atoms with Gasteiger partial charge in [-0.05, 0) is 36.3 Å². The predicted molar refractivity (Wildman–Crippen MR) is 165 cm³/mol. The van der Waals surface area contributed by atoms with Crippen LogP contribution in [0.2, 0.25) is 0 Å². The number of rotatable bonds is 22. The number of unbranched alkanes of at least 4 members (excludes halogenated alkanes) is 14. The molecule has 1 atom stereocenters. The second kappa shape index (κ2) is 19.7. The number of hydrogen-bond donors (Lipinski definition) is 0. The molecule has 0 aliphatic carbocycles. The zero-order valence-corrected chi connectivity index (χ0v) is 24.3. The summed E-state index contributed by atoms with van der Waals surface area (Å²) >= 11 is 0. The highest BCUT2D eigenvalue weighted by atomic mass is 15.1. The minimum Gasteiger partial charge on any atom is -0.334 e. The van der Waals surface area contributed by atoms with Crippen molar-refractivity contribution in [2.45, 2.75) is 129 Å². The van der Waals surface area contributed by atoms with Gasteiger partial charge in [-0.3, -0.25) is 0 Å². The van der Waals surface area contributed by atoms with Crippen molar-refractivity contribution in [1.82, 2.24) is 9.55 Å². The lowest BCUT2D eigenvalue weighted by molar-refractivity contribution is 0.295. The highest BCUT2D eigenvalue weighted by molar-refractivity contribution is 5.19. The number of benzene rings is 2. The Morgan fingerprint density at radius 3 is 1.45 bits per heavy atom. The summed E-state index contributed by atoms with van der Waals surface area (Å²) in [5.41, 5.74) is 2.88. The number of hydrogen-bond acceptors (Lipinski definition) is 1. The first-order chi connectivity index (χ1) is 18.9. The number of nitrogens with zero attached hydrogens (tertiary/aromatic N) is 2. The van der Waals surface area contributed by atoms with Crippen LogP contribution in [0.5, 0.6) is 0 Å². The molecular weight excluding hydrogens is 460 g/mol. The lowest BCUT2D eigenvalue weighted by Gasteiger charge is -2.29. The molecule has 0 bridgehead atoms. The molecule has 0 spiro atoms. The molecule has 0 saturated carbocycles. The van der Waals surface area contributed by atoms with Crippen molar-refractivity contribution in [2.24, 2.45) is 5.92 Å². The van der Waals surface area contributed by atoms with Crippen LogP contribution in [0.15, 0.2) is 79.4 Å². The summed E-state index contributed by atoms with van der Waals surface area (Å²) in [6, 6.07) is 22.6. The quantitative estimate of drug-likeness (QED) is 0.122. The summed E-state index contributed by atoms with van der Waals surface area (Å²) in [6.45, 7) is 2.30. The molecule has 0 radical (unpaired) electrons. The van der Waals surface area contributed by atoms with Crippen LogP contribution in [0.25, 0.3) is 0 Å². The van der Waals surface area contributed by atoms with Crippen molar-refractivity contribution in [3.05, 3.63) is 90.5 Å². The molecule has 3 aromatic rings. The van der Waals surface area contributed by atoms with Crippen molar-refractivity contribution in [1.29, 1.82) is 0 Å². The molecule has 0 N–H and O–H groups in total. The Kier molecular flexibility index (Phi) is 15.6. The van der Waals surface area contributed by atoms with Gasteiger partial charge in [-0.15, -0.1) is 0 Å². The third-order valence-electron chi connectivity index (χ3n) is 8.24. The van der Waals surface area contributed by atoms with Gasteiger partial charge in [-0.1, -0.05) is 164 Å². The molecule has 3 rings (SSSR count). The lowest BCUT2D eigenvalue weighted by Crippen LogP contribution is -2.23. The average molecular weight is 515 g/mol. The van der Waals surface area contributed by atoms with Crippen LogP contribution in [0.4, 0.5) is 0 Å². The Labute approximate surface area is 234 Å². The first kappa shape index (κ1) is 30.2. The zero-order valence-electron chi connectivity index (χ0n) is 24.3. The molecule has 0 saturated heterocycles. The maximum atomic E-state index is 4.42. The topological polar surface area (TPSA) is 17.8 Å². The Morgan fingerprint density at radius 2 is 1.03 bits per heavy atom. The van der Waals surface area contributed by atoms with E-state index in [2.05, 4.69) is 83.3 Å². The third kappa shape index (κ3) is 12.5. The summed E-state index contributed by atoms with van der Waals surface area (Å²) in [5.74, 6) is 0.556. The molecule has 0 fully saturated rings. The van der Waals surface area contributed by atoms with Gasteiger partial charge in [0.2, 0.25) is 0 Å². The highest BCUT2D eigenvalue weighted by Gasteiger charge is 2.23. The smallest absolute Gasteiger partial charge is 0.0948 e. The van der Waals surface area contributed by atoms with Gasteiger partial charge in [0.15, 0.2) is 0 Å². The lowest BCUT2D eigenvalue weighted by atomic mass is 9.84. The van der Waals surface area contributed by atoms with Gasteiger partial charge in [-0.25, -0.2) is 4.98 Å². The molecule has 2 nitrogen and oxygen atoms in total. The van der Waals surface area contributed by atoms with Gasteiger partial charge < -0.3 is 4.57 Å². The van der Waals surface area contributed by atoms with E-state index in [-0.39, 0.29) is 0 Å². The molecule has 0 amide bonds. The molecule has 2 heteroatoms. The molecule has 2 aromatic carbocycles. The molecule has 38 heavy (non-hydrogen) atoms. The number of aromatic nitrogens is 2. The van der Waals surface area contributed by atoms with Crippen molar-refractivity contribution < 1.29 is 0 Å². The first-order valence-electron chi connectivity index (χ1n) is 15.9. The predicted octanol–water partition coefficient (Wildman–Crippen LogP) is 10.8. The zero-order chi connectivity index (χ0) is 26.5. The van der Waals surface area contributed by atoms with Crippen LogP contribution in [-0.2, 0) is 12.8 Å². The van der Waals surface area contributed by atoms with Crippen molar-refractivity contribution in [3.8, 4) is 0 Å². The van der Waals surface area contributed by atoms with Gasteiger partial charge >= 0.3 is 0 Å². The SMILES string of the molecule is CCCCCCCCCCCCCCCCCC(C(Cc1ccccc1)Cc1ccccc1)n1ccnc1. The third-order valence-corrected chi connectivity index (χ3v) is 8.24. The van der Waals surface area contributed by atoms with E-state index >= 15 is 0 Å². The second-order valence-corrected chi connectivity index (χ2v) is 11.5. The molecular formula is C36H54N2. The van der Waals surface area contributed by atoms with Crippen LogP contribution in [0, 0.1) is 5.92 Å². The van der Waals surface area contributed by atoms with Gasteiger partial charge in [0.25, 0.3) is 0 Å². The summed E-state index contributed by atoms with van der Waals surface area (Å²) in [5, 5.41) is 0. The monoisotopic (exact) mass is 514 g/mol. The van der Waals surface area contributed by atoms with Crippen LogP contribution in [-0.4, -0.2) is 9.55 Å². The fourth-order valence-corrected chi connectivity index (χ4v) is 6.00. The minimum absolute atomic E-state index is 0.486. The first-order valence-corrected chi connectivity index (χ1v) is 15.9. The minimum atomic E-state index is 0.486. The molecule has 1 unspecified atom stereocenters. The van der Waals surface area contributed by atoms with Crippen LogP contribution in [0.1, 0.15) is 127 Å². The molecule has 0 aliphatic heterocycles. The van der Waals surface area contributed by atoms with Gasteiger partial charge in [-0.2, -0.15) is 0 Å². The Bertz CT molecular complexity index is 862. The summed E-state index contributed by atoms with van der Waals surface area (Å²) in [6.07, 6.45) is 30.9. The van der Waals surface area contributed by atoms with Crippen LogP contribution in [0.3, 0.4) is 0 Å². The summed E-state index contributed by atoms with van der Waals surface area (Å²) in [4.78, 5) is 4.42. The summed E-state index contributed by atoms with van der Waals surface area (Å²) < 4.78 is 2.39. The van der Waals surface area contributed by atoms with E-state index < -0.39 is 0 Å². The van der Waals surface area contributed by atoms with Crippen LogP contribution < -0.4 is 0 Å². The van der Waals surface area contributed by atoms with Crippen molar-refractivity contribution in [3.63, 3.8) is 0 Å². The molecule has 1 heterocycles. The van der Waals surface area contributed by atoms with Crippen LogP contribution >= 0.6 is 0 Å².